The van der Waals surface area contributed by atoms with E-state index in [1.807, 2.05) is 0 Å². The first kappa shape index (κ1) is 25.9. The molecule has 0 radical (unpaired) electrons. The van der Waals surface area contributed by atoms with Gasteiger partial charge in [0.25, 0.3) is 0 Å². The zero-order valence-electron chi connectivity index (χ0n) is 21.4. The van der Waals surface area contributed by atoms with Gasteiger partial charge in [-0.1, -0.05) is 0 Å². The molecular formula is C24H52N4. The maximum Gasteiger partial charge on any atom is 0.0130 e. The van der Waals surface area contributed by atoms with Crippen molar-refractivity contribution >= 4 is 0 Å². The standard InChI is InChI=1S/C24H52N4/c1-21(2,3)27(22(4,5)6)19-17-25-13-15-26(16-14-25)18-20-28(23(7,8)9)24(10,11)12/h13-20H2,1-12H3. The van der Waals surface area contributed by atoms with Crippen molar-refractivity contribution in [3.05, 3.63) is 0 Å². The Kier molecular flexibility index (Phi) is 8.62. The molecule has 0 aromatic heterocycles. The van der Waals surface area contributed by atoms with E-state index in [1.54, 1.807) is 0 Å². The third-order valence-corrected chi connectivity index (χ3v) is 5.98. The Morgan fingerprint density at radius 3 is 0.857 bits per heavy atom. The van der Waals surface area contributed by atoms with Gasteiger partial charge >= 0.3 is 0 Å². The lowest BCUT2D eigenvalue weighted by Crippen LogP contribution is -2.57. The molecule has 1 rings (SSSR count). The molecular weight excluding hydrogens is 344 g/mol. The summed E-state index contributed by atoms with van der Waals surface area (Å²) in [5.74, 6) is 0. The van der Waals surface area contributed by atoms with Gasteiger partial charge < -0.3 is 0 Å². The van der Waals surface area contributed by atoms with Crippen molar-refractivity contribution in [1.29, 1.82) is 0 Å². The first-order valence-corrected chi connectivity index (χ1v) is 11.4. The topological polar surface area (TPSA) is 13.0 Å². The molecule has 168 valence electrons. The molecule has 0 aromatic rings. The van der Waals surface area contributed by atoms with Crippen molar-refractivity contribution in [2.75, 3.05) is 52.4 Å². The van der Waals surface area contributed by atoms with Crippen LogP contribution in [0.2, 0.25) is 0 Å². The number of hydrogen-bond acceptors (Lipinski definition) is 4. The molecule has 0 spiro atoms. The van der Waals surface area contributed by atoms with E-state index in [0.29, 0.717) is 0 Å². The summed E-state index contributed by atoms with van der Waals surface area (Å²) in [6.07, 6.45) is 0. The minimum atomic E-state index is 0.212. The maximum absolute atomic E-state index is 2.66. The third-order valence-electron chi connectivity index (χ3n) is 5.98. The van der Waals surface area contributed by atoms with Gasteiger partial charge in [-0.2, -0.15) is 0 Å². The van der Waals surface area contributed by atoms with Crippen LogP contribution in [0.4, 0.5) is 0 Å². The minimum Gasteiger partial charge on any atom is -0.300 e. The fourth-order valence-electron chi connectivity index (χ4n) is 5.07. The van der Waals surface area contributed by atoms with Gasteiger partial charge in [0.2, 0.25) is 0 Å². The van der Waals surface area contributed by atoms with Crippen molar-refractivity contribution in [2.24, 2.45) is 0 Å². The average Bonchev–Trinajstić information content (AvgIpc) is 2.43. The summed E-state index contributed by atoms with van der Waals surface area (Å²) in [7, 11) is 0. The Bertz CT molecular complexity index is 379. The van der Waals surface area contributed by atoms with Crippen molar-refractivity contribution in [1.82, 2.24) is 19.6 Å². The molecule has 1 aliphatic heterocycles. The summed E-state index contributed by atoms with van der Waals surface area (Å²) in [6, 6.07) is 0. The van der Waals surface area contributed by atoms with Crippen LogP contribution in [0.1, 0.15) is 83.1 Å². The van der Waals surface area contributed by atoms with Gasteiger partial charge in [0.15, 0.2) is 0 Å². The third kappa shape index (κ3) is 8.30. The summed E-state index contributed by atoms with van der Waals surface area (Å²) in [5, 5.41) is 0. The number of rotatable bonds is 6. The highest BCUT2D eigenvalue weighted by Crippen LogP contribution is 2.25. The fraction of sp³-hybridized carbons (Fsp3) is 1.00. The quantitative estimate of drug-likeness (QED) is 0.659. The second-order valence-electron chi connectivity index (χ2n) is 12.7. The molecule has 0 amide bonds. The van der Waals surface area contributed by atoms with E-state index in [4.69, 9.17) is 0 Å². The molecule has 0 N–H and O–H groups in total. The van der Waals surface area contributed by atoms with Crippen molar-refractivity contribution in [3.63, 3.8) is 0 Å². The monoisotopic (exact) mass is 396 g/mol. The lowest BCUT2D eigenvalue weighted by molar-refractivity contribution is 0.0116. The maximum atomic E-state index is 2.66. The van der Waals surface area contributed by atoms with Crippen LogP contribution >= 0.6 is 0 Å². The van der Waals surface area contributed by atoms with Crippen LogP contribution in [0.3, 0.4) is 0 Å². The second-order valence-corrected chi connectivity index (χ2v) is 12.7. The van der Waals surface area contributed by atoms with E-state index in [1.165, 1.54) is 39.3 Å². The molecule has 4 heteroatoms. The van der Waals surface area contributed by atoms with Crippen molar-refractivity contribution in [2.45, 2.75) is 105 Å². The van der Waals surface area contributed by atoms with E-state index in [-0.39, 0.29) is 22.2 Å². The van der Waals surface area contributed by atoms with Crippen molar-refractivity contribution < 1.29 is 0 Å². The Hall–Kier alpha value is -0.160. The van der Waals surface area contributed by atoms with Gasteiger partial charge in [-0.25, -0.2) is 0 Å². The van der Waals surface area contributed by atoms with Gasteiger partial charge in [-0.05, 0) is 83.1 Å². The van der Waals surface area contributed by atoms with E-state index < -0.39 is 0 Å². The van der Waals surface area contributed by atoms with E-state index in [9.17, 15) is 0 Å². The highest BCUT2D eigenvalue weighted by Gasteiger charge is 2.33. The zero-order chi connectivity index (χ0) is 22.0. The Balaban J connectivity index is 2.49. The van der Waals surface area contributed by atoms with Crippen LogP contribution < -0.4 is 0 Å². The van der Waals surface area contributed by atoms with Crippen LogP contribution in [-0.4, -0.2) is 94.1 Å². The van der Waals surface area contributed by atoms with Crippen molar-refractivity contribution in [3.8, 4) is 0 Å². The SMILES string of the molecule is CC(C)(C)N(CCN1CCN(CCN(C(C)(C)C)C(C)(C)C)CC1)C(C)(C)C. The van der Waals surface area contributed by atoms with Crippen LogP contribution in [0.15, 0.2) is 0 Å². The molecule has 0 atom stereocenters. The Labute approximate surface area is 177 Å². The second kappa shape index (κ2) is 9.32. The van der Waals surface area contributed by atoms with E-state index >= 15 is 0 Å². The lowest BCUT2D eigenvalue weighted by atomic mass is 9.96. The lowest BCUT2D eigenvalue weighted by Gasteiger charge is -2.47. The van der Waals surface area contributed by atoms with Crippen LogP contribution in [0.25, 0.3) is 0 Å². The fourth-order valence-corrected chi connectivity index (χ4v) is 5.07. The average molecular weight is 397 g/mol. The molecule has 1 heterocycles. The highest BCUT2D eigenvalue weighted by molar-refractivity contribution is 4.89. The summed E-state index contributed by atoms with van der Waals surface area (Å²) in [4.78, 5) is 10.6. The molecule has 1 saturated heterocycles. The van der Waals surface area contributed by atoms with Gasteiger partial charge in [-0.3, -0.25) is 19.6 Å². The predicted molar refractivity (Wildman–Crippen MR) is 125 cm³/mol. The van der Waals surface area contributed by atoms with E-state index in [0.717, 1.165) is 13.1 Å². The molecule has 0 unspecified atom stereocenters. The normalized spacial score (nSPS) is 19.1. The van der Waals surface area contributed by atoms with E-state index in [2.05, 4.69) is 103 Å². The Morgan fingerprint density at radius 2 is 0.679 bits per heavy atom. The van der Waals surface area contributed by atoms with Gasteiger partial charge in [0.05, 0.1) is 0 Å². The molecule has 0 aliphatic carbocycles. The minimum absolute atomic E-state index is 0.212. The smallest absolute Gasteiger partial charge is 0.0130 e. The first-order chi connectivity index (χ1) is 12.4. The molecule has 0 aromatic carbocycles. The Morgan fingerprint density at radius 1 is 0.464 bits per heavy atom. The summed E-state index contributed by atoms with van der Waals surface area (Å²) in [5.41, 5.74) is 0.847. The van der Waals surface area contributed by atoms with Crippen LogP contribution in [0.5, 0.6) is 0 Å². The van der Waals surface area contributed by atoms with Gasteiger partial charge in [0, 0.05) is 74.5 Å². The number of nitrogens with zero attached hydrogens (tertiary/aromatic N) is 4. The molecule has 1 aliphatic rings. The van der Waals surface area contributed by atoms with Gasteiger partial charge in [0.1, 0.15) is 0 Å². The zero-order valence-corrected chi connectivity index (χ0v) is 21.4. The van der Waals surface area contributed by atoms with Gasteiger partial charge in [-0.15, -0.1) is 0 Å². The summed E-state index contributed by atoms with van der Waals surface area (Å²) in [6.45, 7) is 37.5. The summed E-state index contributed by atoms with van der Waals surface area (Å²) >= 11 is 0. The first-order valence-electron chi connectivity index (χ1n) is 11.4. The molecule has 28 heavy (non-hydrogen) atoms. The largest absolute Gasteiger partial charge is 0.300 e. The number of piperazine rings is 1. The molecule has 0 saturated carbocycles. The predicted octanol–water partition coefficient (Wildman–Crippen LogP) is 4.40. The molecule has 4 nitrogen and oxygen atoms in total. The van der Waals surface area contributed by atoms with Crippen LogP contribution in [-0.2, 0) is 0 Å². The highest BCUT2D eigenvalue weighted by atomic mass is 15.3. The summed E-state index contributed by atoms with van der Waals surface area (Å²) < 4.78 is 0. The number of hydrogen-bond donors (Lipinski definition) is 0. The van der Waals surface area contributed by atoms with Crippen LogP contribution in [0, 0.1) is 0 Å². The molecule has 1 fully saturated rings. The molecule has 0 bridgehead atoms.